The molecule has 3 aliphatic heterocycles. The Morgan fingerprint density at radius 1 is 1.19 bits per heavy atom. The van der Waals surface area contributed by atoms with E-state index in [1.807, 2.05) is 0 Å². The van der Waals surface area contributed by atoms with Gasteiger partial charge in [-0.05, 0) is 33.1 Å². The standard InChI is InChI=1S/C13H22N2O/c1-9(2)15-11-6-12(15)8-14(7-11)13(16)10-4-3-5-10/h9-12H,3-8H2,1-2H3. The Bertz CT molecular complexity index is 286. The van der Waals surface area contributed by atoms with Crippen molar-refractivity contribution in [2.24, 2.45) is 5.92 Å². The van der Waals surface area contributed by atoms with E-state index in [1.54, 1.807) is 0 Å². The van der Waals surface area contributed by atoms with Gasteiger partial charge in [-0.25, -0.2) is 0 Å². The summed E-state index contributed by atoms with van der Waals surface area (Å²) in [6.07, 6.45) is 4.85. The van der Waals surface area contributed by atoms with Gasteiger partial charge in [-0.2, -0.15) is 0 Å². The second-order valence-corrected chi connectivity index (χ2v) is 5.96. The summed E-state index contributed by atoms with van der Waals surface area (Å²) in [4.78, 5) is 16.9. The molecule has 3 nitrogen and oxygen atoms in total. The fourth-order valence-electron chi connectivity index (χ4n) is 3.58. The molecule has 4 rings (SSSR count). The van der Waals surface area contributed by atoms with E-state index in [-0.39, 0.29) is 0 Å². The Morgan fingerprint density at radius 3 is 2.25 bits per heavy atom. The molecule has 0 radical (unpaired) electrons. The van der Waals surface area contributed by atoms with Crippen molar-refractivity contribution >= 4 is 5.91 Å². The Kier molecular flexibility index (Phi) is 2.46. The minimum Gasteiger partial charge on any atom is -0.339 e. The topological polar surface area (TPSA) is 23.6 Å². The van der Waals surface area contributed by atoms with Gasteiger partial charge in [0, 0.05) is 37.1 Å². The van der Waals surface area contributed by atoms with Crippen LogP contribution in [0.3, 0.4) is 0 Å². The maximum absolute atomic E-state index is 12.1. The molecular weight excluding hydrogens is 200 g/mol. The number of fused-ring (bicyclic) bond motifs is 2. The molecule has 0 aromatic carbocycles. The summed E-state index contributed by atoms with van der Waals surface area (Å²) in [5.74, 6) is 0.828. The Morgan fingerprint density at radius 2 is 1.81 bits per heavy atom. The lowest BCUT2D eigenvalue weighted by Crippen LogP contribution is -2.71. The molecule has 3 saturated heterocycles. The van der Waals surface area contributed by atoms with Crippen molar-refractivity contribution in [3.05, 3.63) is 0 Å². The Labute approximate surface area is 97.8 Å². The number of piperidine rings is 1. The molecule has 2 unspecified atom stereocenters. The molecule has 16 heavy (non-hydrogen) atoms. The van der Waals surface area contributed by atoms with Crippen LogP contribution in [0.15, 0.2) is 0 Å². The highest BCUT2D eigenvalue weighted by Crippen LogP contribution is 2.36. The highest BCUT2D eigenvalue weighted by atomic mass is 16.2. The van der Waals surface area contributed by atoms with E-state index in [0.29, 0.717) is 30.0 Å². The number of piperazine rings is 1. The van der Waals surface area contributed by atoms with Gasteiger partial charge in [0.05, 0.1) is 0 Å². The largest absolute Gasteiger partial charge is 0.339 e. The third-order valence-corrected chi connectivity index (χ3v) is 4.61. The van der Waals surface area contributed by atoms with Crippen LogP contribution < -0.4 is 0 Å². The minimum absolute atomic E-state index is 0.380. The second kappa shape index (κ2) is 3.73. The van der Waals surface area contributed by atoms with Crippen molar-refractivity contribution < 1.29 is 4.79 Å². The van der Waals surface area contributed by atoms with Gasteiger partial charge in [0.15, 0.2) is 0 Å². The average molecular weight is 222 g/mol. The average Bonchev–Trinajstić information content (AvgIpc) is 2.13. The molecule has 90 valence electrons. The molecule has 4 fully saturated rings. The summed E-state index contributed by atoms with van der Waals surface area (Å²) in [5, 5.41) is 0. The lowest BCUT2D eigenvalue weighted by atomic mass is 9.81. The van der Waals surface area contributed by atoms with Crippen LogP contribution in [0.1, 0.15) is 39.5 Å². The maximum atomic E-state index is 12.1. The number of hydrogen-bond donors (Lipinski definition) is 0. The third-order valence-electron chi connectivity index (χ3n) is 4.61. The van der Waals surface area contributed by atoms with E-state index in [1.165, 1.54) is 12.8 Å². The summed E-state index contributed by atoms with van der Waals surface area (Å²) in [6, 6.07) is 1.95. The normalized spacial score (nSPS) is 34.8. The molecule has 2 atom stereocenters. The molecule has 0 aromatic rings. The first-order valence-corrected chi connectivity index (χ1v) is 6.73. The summed E-state index contributed by atoms with van der Waals surface area (Å²) >= 11 is 0. The third kappa shape index (κ3) is 1.48. The van der Waals surface area contributed by atoms with Crippen LogP contribution in [0, 0.1) is 5.92 Å². The molecule has 1 saturated carbocycles. The summed E-state index contributed by atoms with van der Waals surface area (Å²) < 4.78 is 0. The first kappa shape index (κ1) is 10.6. The molecule has 4 aliphatic rings. The van der Waals surface area contributed by atoms with Gasteiger partial charge in [-0.3, -0.25) is 9.69 Å². The predicted octanol–water partition coefficient (Wildman–Crippen LogP) is 1.48. The van der Waals surface area contributed by atoms with Gasteiger partial charge in [0.25, 0.3) is 0 Å². The fraction of sp³-hybridized carbons (Fsp3) is 0.923. The summed E-state index contributed by atoms with van der Waals surface area (Å²) in [7, 11) is 0. The zero-order valence-electron chi connectivity index (χ0n) is 10.4. The molecule has 1 aliphatic carbocycles. The number of carbonyl (C=O) groups is 1. The van der Waals surface area contributed by atoms with Gasteiger partial charge in [0.2, 0.25) is 5.91 Å². The summed E-state index contributed by atoms with van der Waals surface area (Å²) in [6.45, 7) is 6.51. The molecule has 2 bridgehead atoms. The molecule has 3 heteroatoms. The molecular formula is C13H22N2O. The van der Waals surface area contributed by atoms with E-state index in [9.17, 15) is 4.79 Å². The van der Waals surface area contributed by atoms with E-state index in [2.05, 4.69) is 23.6 Å². The molecule has 0 aromatic heterocycles. The number of carbonyl (C=O) groups excluding carboxylic acids is 1. The van der Waals surface area contributed by atoms with E-state index >= 15 is 0 Å². The second-order valence-electron chi connectivity index (χ2n) is 5.96. The quantitative estimate of drug-likeness (QED) is 0.706. The van der Waals surface area contributed by atoms with Crippen molar-refractivity contribution in [2.45, 2.75) is 57.7 Å². The Balaban J connectivity index is 1.60. The van der Waals surface area contributed by atoms with E-state index in [4.69, 9.17) is 0 Å². The molecule has 0 spiro atoms. The van der Waals surface area contributed by atoms with E-state index < -0.39 is 0 Å². The highest BCUT2D eigenvalue weighted by Gasteiger charge is 2.47. The van der Waals surface area contributed by atoms with Gasteiger partial charge in [0.1, 0.15) is 0 Å². The fourth-order valence-corrected chi connectivity index (χ4v) is 3.58. The van der Waals surface area contributed by atoms with Crippen molar-refractivity contribution in [3.63, 3.8) is 0 Å². The minimum atomic E-state index is 0.380. The van der Waals surface area contributed by atoms with Crippen LogP contribution in [0.2, 0.25) is 0 Å². The van der Waals surface area contributed by atoms with Crippen molar-refractivity contribution in [2.75, 3.05) is 13.1 Å². The monoisotopic (exact) mass is 222 g/mol. The van der Waals surface area contributed by atoms with Crippen LogP contribution in [0.4, 0.5) is 0 Å². The van der Waals surface area contributed by atoms with Gasteiger partial charge < -0.3 is 4.90 Å². The van der Waals surface area contributed by atoms with Crippen molar-refractivity contribution in [1.29, 1.82) is 0 Å². The Hall–Kier alpha value is -0.570. The smallest absolute Gasteiger partial charge is 0.225 e. The number of hydrogen-bond acceptors (Lipinski definition) is 2. The highest BCUT2D eigenvalue weighted by molar-refractivity contribution is 5.80. The van der Waals surface area contributed by atoms with Gasteiger partial charge in [-0.15, -0.1) is 0 Å². The van der Waals surface area contributed by atoms with Crippen molar-refractivity contribution in [1.82, 2.24) is 9.80 Å². The predicted molar refractivity (Wildman–Crippen MR) is 63.1 cm³/mol. The van der Waals surface area contributed by atoms with Crippen LogP contribution in [-0.2, 0) is 4.79 Å². The van der Waals surface area contributed by atoms with Crippen LogP contribution in [-0.4, -0.2) is 46.9 Å². The van der Waals surface area contributed by atoms with Gasteiger partial charge in [-0.1, -0.05) is 6.42 Å². The first-order valence-electron chi connectivity index (χ1n) is 6.73. The zero-order valence-corrected chi connectivity index (χ0v) is 10.4. The van der Waals surface area contributed by atoms with Crippen molar-refractivity contribution in [3.8, 4) is 0 Å². The van der Waals surface area contributed by atoms with Crippen LogP contribution in [0.25, 0.3) is 0 Å². The molecule has 0 N–H and O–H groups in total. The zero-order chi connectivity index (χ0) is 11.3. The van der Waals surface area contributed by atoms with E-state index in [0.717, 1.165) is 25.9 Å². The number of nitrogens with zero attached hydrogens (tertiary/aromatic N) is 2. The number of rotatable bonds is 2. The lowest BCUT2D eigenvalue weighted by molar-refractivity contribution is -0.153. The van der Waals surface area contributed by atoms with Crippen LogP contribution >= 0.6 is 0 Å². The molecule has 3 heterocycles. The SMILES string of the molecule is CC(C)N1C2CC1CN(C(=O)C1CCC1)C2. The number of amides is 1. The first-order chi connectivity index (χ1) is 7.66. The maximum Gasteiger partial charge on any atom is 0.225 e. The lowest BCUT2D eigenvalue weighted by Gasteiger charge is -2.58. The van der Waals surface area contributed by atoms with Gasteiger partial charge >= 0.3 is 0 Å². The summed E-state index contributed by atoms with van der Waals surface area (Å²) in [5.41, 5.74) is 0. The van der Waals surface area contributed by atoms with Crippen LogP contribution in [0.5, 0.6) is 0 Å². The molecule has 1 amide bonds.